The molecule has 1 amide bonds. The molecule has 0 bridgehead atoms. The summed E-state index contributed by atoms with van der Waals surface area (Å²) < 4.78 is 1.53. The van der Waals surface area contributed by atoms with Crippen LogP contribution in [0, 0.1) is 6.92 Å². The van der Waals surface area contributed by atoms with Gasteiger partial charge in [-0.1, -0.05) is 39.8 Å². The van der Waals surface area contributed by atoms with Crippen molar-refractivity contribution in [2.24, 2.45) is 7.05 Å². The van der Waals surface area contributed by atoms with Gasteiger partial charge in [-0.3, -0.25) is 14.6 Å². The molecule has 1 saturated heterocycles. The normalized spacial score (nSPS) is 14.0. The minimum atomic E-state index is -0.236. The van der Waals surface area contributed by atoms with Crippen LogP contribution in [-0.2, 0) is 12.5 Å². The van der Waals surface area contributed by atoms with E-state index >= 15 is 0 Å². The molecule has 5 rings (SSSR count). The van der Waals surface area contributed by atoms with Crippen molar-refractivity contribution in [3.05, 3.63) is 94.2 Å². The predicted octanol–water partition coefficient (Wildman–Crippen LogP) is 5.59. The Kier molecular flexibility index (Phi) is 8.64. The Bertz CT molecular complexity index is 1650. The lowest BCUT2D eigenvalue weighted by atomic mass is 9.91. The van der Waals surface area contributed by atoms with Gasteiger partial charge in [0.1, 0.15) is 0 Å². The first kappa shape index (κ1) is 30.0. The van der Waals surface area contributed by atoms with E-state index in [-0.39, 0.29) is 22.7 Å². The largest absolute Gasteiger partial charge is 0.369 e. The number of aromatic nitrogens is 3. The second kappa shape index (κ2) is 12.4. The number of benzene rings is 2. The summed E-state index contributed by atoms with van der Waals surface area (Å²) in [5.74, 6) is 0.00263. The number of rotatable bonds is 7. The van der Waals surface area contributed by atoms with Gasteiger partial charge in [0.15, 0.2) is 5.82 Å². The first-order valence-electron chi connectivity index (χ1n) is 14.8. The number of aryl methyl sites for hydroxylation is 1. The van der Waals surface area contributed by atoms with Crippen molar-refractivity contribution in [1.82, 2.24) is 19.4 Å². The Balaban J connectivity index is 1.34. The zero-order valence-corrected chi connectivity index (χ0v) is 25.9. The fourth-order valence-electron chi connectivity index (χ4n) is 5.25. The van der Waals surface area contributed by atoms with Gasteiger partial charge in [0.25, 0.3) is 11.5 Å². The minimum absolute atomic E-state index is 0.0931. The number of pyridine rings is 1. The molecular formula is C34H41N7O2. The van der Waals surface area contributed by atoms with Gasteiger partial charge in [-0.15, -0.1) is 0 Å². The smallest absolute Gasteiger partial charge is 0.293 e. The molecule has 1 fully saturated rings. The first-order chi connectivity index (χ1) is 20.5. The first-order valence-corrected chi connectivity index (χ1v) is 14.8. The number of carbonyl (C=O) groups is 1. The van der Waals surface area contributed by atoms with E-state index in [1.807, 2.05) is 43.3 Å². The van der Waals surface area contributed by atoms with Crippen LogP contribution in [0.1, 0.15) is 49.3 Å². The highest BCUT2D eigenvalue weighted by Crippen LogP contribution is 2.29. The van der Waals surface area contributed by atoms with Gasteiger partial charge in [0.2, 0.25) is 0 Å². The molecule has 0 atom stereocenters. The van der Waals surface area contributed by atoms with Crippen LogP contribution in [0.15, 0.2) is 71.8 Å². The Morgan fingerprint density at radius 2 is 1.70 bits per heavy atom. The van der Waals surface area contributed by atoms with Gasteiger partial charge >= 0.3 is 0 Å². The van der Waals surface area contributed by atoms with E-state index in [1.54, 1.807) is 25.5 Å². The summed E-state index contributed by atoms with van der Waals surface area (Å²) in [7, 11) is 1.72. The van der Waals surface area contributed by atoms with Crippen LogP contribution in [0.3, 0.4) is 0 Å². The van der Waals surface area contributed by atoms with Crippen LogP contribution in [0.2, 0.25) is 0 Å². The topological polar surface area (TPSA) is 95.4 Å². The maximum atomic E-state index is 13.1. The van der Waals surface area contributed by atoms with E-state index in [9.17, 15) is 9.59 Å². The van der Waals surface area contributed by atoms with E-state index in [2.05, 4.69) is 65.2 Å². The molecule has 4 aromatic rings. The molecule has 224 valence electrons. The summed E-state index contributed by atoms with van der Waals surface area (Å²) in [6.07, 6.45) is 3.33. The van der Waals surface area contributed by atoms with Gasteiger partial charge in [-0.2, -0.15) is 0 Å². The van der Waals surface area contributed by atoms with E-state index in [0.717, 1.165) is 55.2 Å². The molecule has 43 heavy (non-hydrogen) atoms. The molecule has 2 aromatic carbocycles. The van der Waals surface area contributed by atoms with E-state index in [4.69, 9.17) is 4.98 Å². The molecule has 3 heterocycles. The average molecular weight is 580 g/mol. The summed E-state index contributed by atoms with van der Waals surface area (Å²) in [4.78, 5) is 40.1. The van der Waals surface area contributed by atoms with Crippen LogP contribution in [0.5, 0.6) is 0 Å². The fraction of sp³-hybridized carbons (Fsp3) is 0.353. The van der Waals surface area contributed by atoms with Crippen LogP contribution in [0.4, 0.5) is 22.9 Å². The number of nitrogens with one attached hydrogen (secondary N) is 2. The molecule has 2 N–H and O–H groups in total. The Labute approximate surface area is 253 Å². The quantitative estimate of drug-likeness (QED) is 0.295. The number of anilines is 4. The third kappa shape index (κ3) is 6.78. The van der Waals surface area contributed by atoms with Crippen molar-refractivity contribution in [1.29, 1.82) is 0 Å². The standard InChI is InChI=1S/C34H41N7O2/c1-7-40-17-19-41(20-18-40)26-14-12-25(13-15-26)36-31-33(43)39(6)22-29(37-31)27-9-8-10-28(23(27)2)38-32(42)24-11-16-30(35-21-24)34(3,4)5/h8-16,21-22H,7,17-20H2,1-6H3,(H,36,37)(H,38,42). The summed E-state index contributed by atoms with van der Waals surface area (Å²) in [6.45, 7) is 15.6. The van der Waals surface area contributed by atoms with Crippen molar-refractivity contribution in [2.75, 3.05) is 48.3 Å². The SMILES string of the molecule is CCN1CCN(c2ccc(Nc3nc(-c4cccc(NC(=O)c5ccc(C(C)(C)C)nc5)c4C)cn(C)c3=O)cc2)CC1. The molecule has 0 saturated carbocycles. The minimum Gasteiger partial charge on any atom is -0.369 e. The van der Waals surface area contributed by atoms with Gasteiger partial charge in [-0.25, -0.2) is 4.98 Å². The van der Waals surface area contributed by atoms with Crippen LogP contribution in [0.25, 0.3) is 11.3 Å². The lowest BCUT2D eigenvalue weighted by molar-refractivity contribution is 0.102. The van der Waals surface area contributed by atoms with Crippen LogP contribution < -0.4 is 21.1 Å². The summed E-state index contributed by atoms with van der Waals surface area (Å²) in [6, 6.07) is 17.5. The Morgan fingerprint density at radius 1 is 0.977 bits per heavy atom. The number of carbonyl (C=O) groups excluding carboxylic acids is 1. The molecule has 0 unspecified atom stereocenters. The van der Waals surface area contributed by atoms with E-state index in [0.29, 0.717) is 16.9 Å². The predicted molar refractivity (Wildman–Crippen MR) is 175 cm³/mol. The highest BCUT2D eigenvalue weighted by molar-refractivity contribution is 6.04. The third-order valence-electron chi connectivity index (χ3n) is 8.04. The van der Waals surface area contributed by atoms with Gasteiger partial charge in [-0.05, 0) is 61.5 Å². The zero-order valence-electron chi connectivity index (χ0n) is 25.9. The van der Waals surface area contributed by atoms with Crippen molar-refractivity contribution in [3.8, 4) is 11.3 Å². The molecule has 1 aliphatic heterocycles. The number of nitrogens with zero attached hydrogens (tertiary/aromatic N) is 5. The number of likely N-dealkylation sites (N-methyl/N-ethyl adjacent to an activating group) is 1. The second-order valence-corrected chi connectivity index (χ2v) is 12.1. The number of hydrogen-bond donors (Lipinski definition) is 2. The van der Waals surface area contributed by atoms with Crippen molar-refractivity contribution < 1.29 is 4.79 Å². The van der Waals surface area contributed by atoms with Crippen molar-refractivity contribution in [2.45, 2.75) is 40.0 Å². The van der Waals surface area contributed by atoms with Crippen molar-refractivity contribution in [3.63, 3.8) is 0 Å². The highest BCUT2D eigenvalue weighted by Gasteiger charge is 2.18. The average Bonchev–Trinajstić information content (AvgIpc) is 3.00. The maximum absolute atomic E-state index is 13.1. The fourth-order valence-corrected chi connectivity index (χ4v) is 5.25. The second-order valence-electron chi connectivity index (χ2n) is 12.1. The molecule has 1 aliphatic rings. The van der Waals surface area contributed by atoms with E-state index in [1.165, 1.54) is 10.3 Å². The van der Waals surface area contributed by atoms with Gasteiger partial charge in [0.05, 0.1) is 11.3 Å². The molecule has 0 aliphatic carbocycles. The summed E-state index contributed by atoms with van der Waals surface area (Å²) in [5.41, 5.74) is 6.02. The van der Waals surface area contributed by atoms with Gasteiger partial charge < -0.3 is 25.0 Å². The molecule has 2 aromatic heterocycles. The highest BCUT2D eigenvalue weighted by atomic mass is 16.1. The lowest BCUT2D eigenvalue weighted by Crippen LogP contribution is -2.46. The number of piperazine rings is 1. The zero-order chi connectivity index (χ0) is 30.7. The lowest BCUT2D eigenvalue weighted by Gasteiger charge is -2.35. The van der Waals surface area contributed by atoms with Gasteiger partial charge in [0, 0.05) is 79.4 Å². The molecule has 9 nitrogen and oxygen atoms in total. The summed E-state index contributed by atoms with van der Waals surface area (Å²) >= 11 is 0. The molecule has 0 radical (unpaired) electrons. The molecular weight excluding hydrogens is 538 g/mol. The monoisotopic (exact) mass is 579 g/mol. The Morgan fingerprint density at radius 3 is 2.33 bits per heavy atom. The number of hydrogen-bond acceptors (Lipinski definition) is 7. The van der Waals surface area contributed by atoms with Crippen LogP contribution in [-0.4, -0.2) is 58.1 Å². The van der Waals surface area contributed by atoms with Crippen molar-refractivity contribution >= 4 is 28.8 Å². The Hall–Kier alpha value is -4.50. The van der Waals surface area contributed by atoms with Crippen LogP contribution >= 0.6 is 0 Å². The summed E-state index contributed by atoms with van der Waals surface area (Å²) in [5, 5.41) is 6.24. The maximum Gasteiger partial charge on any atom is 0.293 e. The van der Waals surface area contributed by atoms with E-state index < -0.39 is 0 Å². The molecule has 9 heteroatoms. The third-order valence-corrected chi connectivity index (χ3v) is 8.04. The molecule has 0 spiro atoms. The number of amides is 1.